The minimum Gasteiger partial charge on any atom is -0.372 e. The van der Waals surface area contributed by atoms with Crippen LogP contribution >= 0.6 is 47.2 Å². The summed E-state index contributed by atoms with van der Waals surface area (Å²) in [5.74, 6) is 0. The van der Waals surface area contributed by atoms with Gasteiger partial charge in [0.15, 0.2) is 0 Å². The van der Waals surface area contributed by atoms with Gasteiger partial charge in [-0.25, -0.2) is 0 Å². The zero-order valence-corrected chi connectivity index (χ0v) is 11.9. The van der Waals surface area contributed by atoms with Gasteiger partial charge >= 0.3 is 0 Å². The molecule has 0 aromatic rings. The number of ether oxygens (including phenoxy) is 1. The Morgan fingerprint density at radius 3 is 2.20 bits per heavy atom. The topological polar surface area (TPSA) is 35.2 Å². The predicted molar refractivity (Wildman–Crippen MR) is 70.5 cm³/mol. The molecule has 0 bridgehead atoms. The molecule has 0 saturated heterocycles. The van der Waals surface area contributed by atoms with Gasteiger partial charge in [0, 0.05) is 13.2 Å². The van der Waals surface area contributed by atoms with E-state index in [-0.39, 0.29) is 19.0 Å². The molecule has 2 nitrogen and oxygen atoms in total. The summed E-state index contributed by atoms with van der Waals surface area (Å²) < 4.78 is 3.96. The maximum absolute atomic E-state index is 5.67. The van der Waals surface area contributed by atoms with Crippen molar-refractivity contribution in [2.75, 3.05) is 13.2 Å². The van der Waals surface area contributed by atoms with Gasteiger partial charge in [0.1, 0.15) is 6.10 Å². The third-order valence-electron chi connectivity index (χ3n) is 1.90. The summed E-state index contributed by atoms with van der Waals surface area (Å²) >= 11 is 17.0. The van der Waals surface area contributed by atoms with Gasteiger partial charge in [0.2, 0.25) is 3.79 Å². The summed E-state index contributed by atoms with van der Waals surface area (Å²) in [5.41, 5.74) is 5.42. The highest BCUT2D eigenvalue weighted by Crippen LogP contribution is 2.31. The second-order valence-electron chi connectivity index (χ2n) is 3.20. The molecule has 0 fully saturated rings. The number of alkyl halides is 3. The molecule has 0 aliphatic heterocycles. The van der Waals surface area contributed by atoms with E-state index in [4.69, 9.17) is 45.3 Å². The highest BCUT2D eigenvalue weighted by atomic mass is 35.6. The fraction of sp³-hybridized carbons (Fsp3) is 1.00. The predicted octanol–water partition coefficient (Wildman–Crippen LogP) is 3.70. The normalized spacial score (nSPS) is 13.4. The molecule has 0 aliphatic carbocycles. The van der Waals surface area contributed by atoms with Crippen LogP contribution in [0, 0.1) is 0 Å². The Hall–Kier alpha value is 1.08. The Kier molecular flexibility index (Phi) is 12.6. The molecule has 1 atom stereocenters. The van der Waals surface area contributed by atoms with Crippen LogP contribution < -0.4 is 5.73 Å². The third-order valence-corrected chi connectivity index (χ3v) is 2.63. The number of halogens is 4. The van der Waals surface area contributed by atoms with Crippen molar-refractivity contribution in [3.63, 3.8) is 0 Å². The summed E-state index contributed by atoms with van der Waals surface area (Å²) in [7, 11) is 0. The van der Waals surface area contributed by atoms with Gasteiger partial charge in [0.05, 0.1) is 0 Å². The lowest BCUT2D eigenvalue weighted by atomic mass is 10.2. The third kappa shape index (κ3) is 9.98. The van der Waals surface area contributed by atoms with Crippen LogP contribution in [-0.2, 0) is 4.74 Å². The molecule has 0 saturated carbocycles. The van der Waals surface area contributed by atoms with E-state index in [0.717, 1.165) is 12.8 Å². The first-order chi connectivity index (χ1) is 6.52. The first kappa shape index (κ1) is 18.4. The summed E-state index contributed by atoms with van der Waals surface area (Å²) in [6.45, 7) is 2.99. The van der Waals surface area contributed by atoms with Crippen LogP contribution in [0.25, 0.3) is 0 Å². The van der Waals surface area contributed by atoms with E-state index >= 15 is 0 Å². The molecule has 0 aromatic carbocycles. The van der Waals surface area contributed by atoms with Crippen molar-refractivity contribution in [3.8, 4) is 0 Å². The maximum Gasteiger partial charge on any atom is 0.217 e. The highest BCUT2D eigenvalue weighted by molar-refractivity contribution is 6.68. The van der Waals surface area contributed by atoms with Crippen LogP contribution in [0.2, 0.25) is 0 Å². The van der Waals surface area contributed by atoms with Gasteiger partial charge in [0.25, 0.3) is 0 Å². The Morgan fingerprint density at radius 1 is 1.20 bits per heavy atom. The molecule has 0 aromatic heterocycles. The van der Waals surface area contributed by atoms with Gasteiger partial charge in [-0.2, -0.15) is 0 Å². The molecule has 6 heteroatoms. The molecular formula is C9H19Cl4NO. The number of hydrogen-bond donors (Lipinski definition) is 1. The van der Waals surface area contributed by atoms with Gasteiger partial charge in [-0.15, -0.1) is 12.4 Å². The molecule has 0 radical (unpaired) electrons. The molecule has 0 aliphatic rings. The largest absolute Gasteiger partial charge is 0.372 e. The number of rotatable bonds is 7. The Morgan fingerprint density at radius 2 is 1.80 bits per heavy atom. The van der Waals surface area contributed by atoms with Crippen LogP contribution in [0.1, 0.15) is 32.6 Å². The van der Waals surface area contributed by atoms with Crippen molar-refractivity contribution in [2.24, 2.45) is 5.73 Å². The molecule has 0 spiro atoms. The Bertz CT molecular complexity index is 141. The Labute approximate surface area is 113 Å². The smallest absolute Gasteiger partial charge is 0.217 e. The summed E-state index contributed by atoms with van der Waals surface area (Å²) in [6.07, 6.45) is 4.04. The number of hydrogen-bond acceptors (Lipinski definition) is 2. The van der Waals surface area contributed by atoms with Crippen LogP contribution in [0.5, 0.6) is 0 Å². The van der Waals surface area contributed by atoms with Crippen LogP contribution in [0.15, 0.2) is 0 Å². The minimum absolute atomic E-state index is 0. The average molecular weight is 299 g/mol. The van der Waals surface area contributed by atoms with Crippen LogP contribution in [0.3, 0.4) is 0 Å². The molecule has 15 heavy (non-hydrogen) atoms. The summed E-state index contributed by atoms with van der Waals surface area (Å²) in [4.78, 5) is 0. The second-order valence-corrected chi connectivity index (χ2v) is 5.57. The van der Waals surface area contributed by atoms with Crippen LogP contribution in [-0.4, -0.2) is 23.0 Å². The number of nitrogens with two attached hydrogens (primary N) is 1. The standard InChI is InChI=1S/C9H18Cl3NO.ClH/c1-2-3-4-5-6-14-8(7-13)9(10,11)12;/h8H,2-7,13H2,1H3;1H. The van der Waals surface area contributed by atoms with Crippen molar-refractivity contribution in [1.82, 2.24) is 0 Å². The van der Waals surface area contributed by atoms with Crippen molar-refractivity contribution in [2.45, 2.75) is 42.5 Å². The Balaban J connectivity index is 0. The van der Waals surface area contributed by atoms with Gasteiger partial charge < -0.3 is 10.5 Å². The lowest BCUT2D eigenvalue weighted by molar-refractivity contribution is 0.0590. The van der Waals surface area contributed by atoms with Crippen LogP contribution in [0.4, 0.5) is 0 Å². The summed E-state index contributed by atoms with van der Waals surface area (Å²) in [6, 6.07) is 0. The molecular weight excluding hydrogens is 280 g/mol. The zero-order chi connectivity index (χ0) is 11.0. The van der Waals surface area contributed by atoms with E-state index in [1.807, 2.05) is 0 Å². The quantitative estimate of drug-likeness (QED) is 0.574. The fourth-order valence-corrected chi connectivity index (χ4v) is 1.51. The number of unbranched alkanes of at least 4 members (excludes halogenated alkanes) is 3. The summed E-state index contributed by atoms with van der Waals surface area (Å²) in [5, 5.41) is 0. The SMILES string of the molecule is CCCCCCOC(CN)C(Cl)(Cl)Cl.Cl. The average Bonchev–Trinajstić information content (AvgIpc) is 2.09. The van der Waals surface area contributed by atoms with E-state index in [1.165, 1.54) is 12.8 Å². The van der Waals surface area contributed by atoms with E-state index in [2.05, 4.69) is 6.92 Å². The molecule has 0 amide bonds. The van der Waals surface area contributed by atoms with E-state index in [1.54, 1.807) is 0 Å². The lowest BCUT2D eigenvalue weighted by Gasteiger charge is -2.23. The molecule has 2 N–H and O–H groups in total. The molecule has 94 valence electrons. The van der Waals surface area contributed by atoms with Crippen molar-refractivity contribution >= 4 is 47.2 Å². The minimum atomic E-state index is -1.42. The van der Waals surface area contributed by atoms with Gasteiger partial charge in [-0.1, -0.05) is 61.0 Å². The lowest BCUT2D eigenvalue weighted by Crippen LogP contribution is -2.36. The van der Waals surface area contributed by atoms with E-state index < -0.39 is 9.90 Å². The molecule has 1 unspecified atom stereocenters. The first-order valence-electron chi connectivity index (χ1n) is 4.90. The van der Waals surface area contributed by atoms with Crippen molar-refractivity contribution in [3.05, 3.63) is 0 Å². The highest BCUT2D eigenvalue weighted by Gasteiger charge is 2.32. The van der Waals surface area contributed by atoms with Crippen molar-refractivity contribution < 1.29 is 4.74 Å². The van der Waals surface area contributed by atoms with Gasteiger partial charge in [-0.05, 0) is 6.42 Å². The van der Waals surface area contributed by atoms with Gasteiger partial charge in [-0.3, -0.25) is 0 Å². The van der Waals surface area contributed by atoms with Crippen molar-refractivity contribution in [1.29, 1.82) is 0 Å². The monoisotopic (exact) mass is 297 g/mol. The maximum atomic E-state index is 5.67. The first-order valence-corrected chi connectivity index (χ1v) is 6.04. The zero-order valence-electron chi connectivity index (χ0n) is 8.85. The fourth-order valence-electron chi connectivity index (χ4n) is 1.05. The molecule has 0 heterocycles. The molecule has 0 rings (SSSR count). The second kappa shape index (κ2) is 10.2. The van der Waals surface area contributed by atoms with E-state index in [0.29, 0.717) is 6.61 Å². The van der Waals surface area contributed by atoms with E-state index in [9.17, 15) is 0 Å².